The summed E-state index contributed by atoms with van der Waals surface area (Å²) in [5, 5.41) is 16.9. The van der Waals surface area contributed by atoms with Gasteiger partial charge in [-0.3, -0.25) is 0 Å². The molecule has 0 bridgehead atoms. The van der Waals surface area contributed by atoms with Crippen LogP contribution in [0.25, 0.3) is 11.0 Å². The van der Waals surface area contributed by atoms with Gasteiger partial charge in [0.1, 0.15) is 5.52 Å². The highest BCUT2D eigenvalue weighted by Crippen LogP contribution is 2.20. The van der Waals surface area contributed by atoms with Gasteiger partial charge in [-0.05, 0) is 39.0 Å². The van der Waals surface area contributed by atoms with Crippen molar-refractivity contribution < 1.29 is 9.90 Å². The normalized spacial score (nSPS) is 11.9. The molecule has 0 amide bonds. The molecule has 1 N–H and O–H groups in total. The molecule has 5 heteroatoms. The number of carboxylic acids is 1. The maximum Gasteiger partial charge on any atom is 0.335 e. The first-order valence-corrected chi connectivity index (χ1v) is 4.99. The molecule has 0 saturated carbocycles. The molecule has 0 radical (unpaired) electrons. The van der Waals surface area contributed by atoms with E-state index in [2.05, 4.69) is 10.3 Å². The predicted molar refractivity (Wildman–Crippen MR) is 59.5 cm³/mol. The molecule has 0 atom stereocenters. The number of benzene rings is 1. The smallest absolute Gasteiger partial charge is 0.335 e. The zero-order valence-electron chi connectivity index (χ0n) is 9.43. The van der Waals surface area contributed by atoms with Gasteiger partial charge in [0.05, 0.1) is 16.6 Å². The maximum atomic E-state index is 10.8. The van der Waals surface area contributed by atoms with E-state index in [1.54, 1.807) is 16.8 Å². The summed E-state index contributed by atoms with van der Waals surface area (Å²) < 4.78 is 1.79. The molecule has 0 saturated heterocycles. The topological polar surface area (TPSA) is 68.0 Å². The van der Waals surface area contributed by atoms with Crippen LogP contribution in [-0.4, -0.2) is 26.1 Å². The van der Waals surface area contributed by atoms with Crippen molar-refractivity contribution in [3.8, 4) is 0 Å². The Kier molecular flexibility index (Phi) is 2.18. The van der Waals surface area contributed by atoms with Gasteiger partial charge in [0.2, 0.25) is 0 Å². The summed E-state index contributed by atoms with van der Waals surface area (Å²) in [6, 6.07) is 4.84. The van der Waals surface area contributed by atoms with Crippen molar-refractivity contribution in [1.82, 2.24) is 15.0 Å². The molecule has 1 aromatic carbocycles. The summed E-state index contributed by atoms with van der Waals surface area (Å²) in [6.45, 7) is 6.06. The van der Waals surface area contributed by atoms with Crippen LogP contribution in [0.4, 0.5) is 0 Å². The second-order valence-corrected chi connectivity index (χ2v) is 4.68. The molecular weight excluding hydrogens is 206 g/mol. The lowest BCUT2D eigenvalue weighted by Gasteiger charge is -2.19. The second kappa shape index (κ2) is 3.30. The standard InChI is InChI=1S/C11H13N3O2/c1-11(2,3)14-9-5-4-7(10(15)16)6-8(9)12-13-14/h4-6H,1-3H3,(H,15,16). The fourth-order valence-corrected chi connectivity index (χ4v) is 1.55. The highest BCUT2D eigenvalue weighted by molar-refractivity contribution is 5.92. The molecule has 1 heterocycles. The molecule has 0 spiro atoms. The Labute approximate surface area is 92.7 Å². The Balaban J connectivity index is 2.64. The minimum absolute atomic E-state index is 0.167. The van der Waals surface area contributed by atoms with Gasteiger partial charge in [-0.2, -0.15) is 0 Å². The molecule has 16 heavy (non-hydrogen) atoms. The van der Waals surface area contributed by atoms with Gasteiger partial charge in [0.25, 0.3) is 0 Å². The summed E-state index contributed by atoms with van der Waals surface area (Å²) in [6.07, 6.45) is 0. The van der Waals surface area contributed by atoms with Gasteiger partial charge in [-0.25, -0.2) is 9.48 Å². The van der Waals surface area contributed by atoms with Gasteiger partial charge in [0.15, 0.2) is 0 Å². The molecule has 0 fully saturated rings. The van der Waals surface area contributed by atoms with E-state index in [9.17, 15) is 4.79 Å². The zero-order chi connectivity index (χ0) is 11.9. The van der Waals surface area contributed by atoms with Crippen LogP contribution in [0.2, 0.25) is 0 Å². The first-order valence-electron chi connectivity index (χ1n) is 4.99. The van der Waals surface area contributed by atoms with Gasteiger partial charge < -0.3 is 5.11 Å². The van der Waals surface area contributed by atoms with Crippen molar-refractivity contribution >= 4 is 17.0 Å². The average molecular weight is 219 g/mol. The molecule has 0 unspecified atom stereocenters. The molecule has 84 valence electrons. The summed E-state index contributed by atoms with van der Waals surface area (Å²) in [7, 11) is 0. The largest absolute Gasteiger partial charge is 0.478 e. The third-order valence-electron chi connectivity index (χ3n) is 2.33. The van der Waals surface area contributed by atoms with E-state index in [0.717, 1.165) is 5.52 Å². The zero-order valence-corrected chi connectivity index (χ0v) is 9.43. The third-order valence-corrected chi connectivity index (χ3v) is 2.33. The Bertz CT molecular complexity index is 552. The number of hydrogen-bond acceptors (Lipinski definition) is 3. The van der Waals surface area contributed by atoms with Crippen LogP contribution < -0.4 is 0 Å². The fourth-order valence-electron chi connectivity index (χ4n) is 1.55. The van der Waals surface area contributed by atoms with Crippen LogP contribution in [0.3, 0.4) is 0 Å². The Hall–Kier alpha value is -1.91. The van der Waals surface area contributed by atoms with Crippen LogP contribution in [0.5, 0.6) is 0 Å². The van der Waals surface area contributed by atoms with E-state index in [0.29, 0.717) is 5.52 Å². The highest BCUT2D eigenvalue weighted by atomic mass is 16.4. The average Bonchev–Trinajstić information content (AvgIpc) is 2.58. The van der Waals surface area contributed by atoms with Crippen molar-refractivity contribution in [1.29, 1.82) is 0 Å². The van der Waals surface area contributed by atoms with Crippen molar-refractivity contribution in [3.05, 3.63) is 23.8 Å². The van der Waals surface area contributed by atoms with E-state index in [-0.39, 0.29) is 11.1 Å². The predicted octanol–water partition coefficient (Wildman–Crippen LogP) is 1.88. The van der Waals surface area contributed by atoms with Crippen molar-refractivity contribution in [2.24, 2.45) is 0 Å². The van der Waals surface area contributed by atoms with Crippen molar-refractivity contribution in [3.63, 3.8) is 0 Å². The molecule has 2 aromatic rings. The van der Waals surface area contributed by atoms with Gasteiger partial charge in [0, 0.05) is 0 Å². The van der Waals surface area contributed by atoms with Gasteiger partial charge >= 0.3 is 5.97 Å². The van der Waals surface area contributed by atoms with E-state index in [1.807, 2.05) is 20.8 Å². The Morgan fingerprint density at radius 3 is 2.62 bits per heavy atom. The highest BCUT2D eigenvalue weighted by Gasteiger charge is 2.18. The summed E-state index contributed by atoms with van der Waals surface area (Å²) in [5.74, 6) is -0.952. The summed E-state index contributed by atoms with van der Waals surface area (Å²) >= 11 is 0. The number of hydrogen-bond donors (Lipinski definition) is 1. The SMILES string of the molecule is CC(C)(C)n1nnc2cc(C(=O)O)ccc21. The van der Waals surface area contributed by atoms with E-state index in [4.69, 9.17) is 5.11 Å². The number of aromatic nitrogens is 3. The lowest BCUT2D eigenvalue weighted by molar-refractivity contribution is 0.0697. The van der Waals surface area contributed by atoms with Crippen LogP contribution in [-0.2, 0) is 5.54 Å². The monoisotopic (exact) mass is 219 g/mol. The van der Waals surface area contributed by atoms with Crippen LogP contribution in [0.15, 0.2) is 18.2 Å². The second-order valence-electron chi connectivity index (χ2n) is 4.68. The molecule has 5 nitrogen and oxygen atoms in total. The molecule has 2 rings (SSSR count). The molecule has 1 aromatic heterocycles. The van der Waals surface area contributed by atoms with Crippen molar-refractivity contribution in [2.45, 2.75) is 26.3 Å². The fraction of sp³-hybridized carbons (Fsp3) is 0.364. The Morgan fingerprint density at radius 1 is 1.38 bits per heavy atom. The minimum atomic E-state index is -0.952. The lowest BCUT2D eigenvalue weighted by Crippen LogP contribution is -2.23. The first-order chi connectivity index (χ1) is 7.39. The van der Waals surface area contributed by atoms with E-state index in [1.165, 1.54) is 6.07 Å². The van der Waals surface area contributed by atoms with E-state index < -0.39 is 5.97 Å². The third kappa shape index (κ3) is 1.64. The van der Waals surface area contributed by atoms with Crippen LogP contribution in [0.1, 0.15) is 31.1 Å². The first kappa shape index (κ1) is 10.6. The quantitative estimate of drug-likeness (QED) is 0.795. The van der Waals surface area contributed by atoms with Gasteiger partial charge in [-0.15, -0.1) is 5.10 Å². The molecule has 0 aliphatic heterocycles. The molecule has 0 aliphatic carbocycles. The van der Waals surface area contributed by atoms with Crippen LogP contribution >= 0.6 is 0 Å². The molecular formula is C11H13N3O2. The van der Waals surface area contributed by atoms with Crippen LogP contribution in [0, 0.1) is 0 Å². The number of aromatic carboxylic acids is 1. The number of rotatable bonds is 1. The molecule has 0 aliphatic rings. The lowest BCUT2D eigenvalue weighted by atomic mass is 10.1. The van der Waals surface area contributed by atoms with Gasteiger partial charge in [-0.1, -0.05) is 5.21 Å². The Morgan fingerprint density at radius 2 is 2.06 bits per heavy atom. The summed E-state index contributed by atoms with van der Waals surface area (Å²) in [5.41, 5.74) is 1.51. The number of nitrogens with zero attached hydrogens (tertiary/aromatic N) is 3. The number of fused-ring (bicyclic) bond motifs is 1. The van der Waals surface area contributed by atoms with E-state index >= 15 is 0 Å². The minimum Gasteiger partial charge on any atom is -0.478 e. The maximum absolute atomic E-state index is 10.8. The van der Waals surface area contributed by atoms with Crippen molar-refractivity contribution in [2.75, 3.05) is 0 Å². The summed E-state index contributed by atoms with van der Waals surface area (Å²) in [4.78, 5) is 10.8. The number of carboxylic acid groups (broad SMARTS) is 1. The number of carbonyl (C=O) groups is 1.